The summed E-state index contributed by atoms with van der Waals surface area (Å²) in [7, 11) is -9.94. The van der Waals surface area contributed by atoms with Crippen molar-refractivity contribution in [2.75, 3.05) is 39.6 Å². The minimum absolute atomic E-state index is 0.0955. The fourth-order valence-electron chi connectivity index (χ4n) is 10.4. The molecular weight excluding hydrogens is 1260 g/mol. The maximum absolute atomic E-state index is 13.1. The molecule has 0 bridgehead atoms. The third-order valence-electron chi connectivity index (χ3n) is 16.2. The summed E-state index contributed by atoms with van der Waals surface area (Å²) in [6, 6.07) is 0. The van der Waals surface area contributed by atoms with E-state index >= 15 is 0 Å². The average Bonchev–Trinajstić information content (AvgIpc) is 1.11. The van der Waals surface area contributed by atoms with Gasteiger partial charge >= 0.3 is 39.5 Å². The lowest BCUT2D eigenvalue weighted by Gasteiger charge is -2.21. The molecule has 558 valence electrons. The van der Waals surface area contributed by atoms with Crippen LogP contribution in [-0.4, -0.2) is 96.7 Å². The van der Waals surface area contributed by atoms with E-state index < -0.39 is 97.5 Å². The van der Waals surface area contributed by atoms with Gasteiger partial charge in [0.2, 0.25) is 0 Å². The lowest BCUT2D eigenvalue weighted by atomic mass is 10.0. The number of carbonyl (C=O) groups is 4. The third kappa shape index (κ3) is 69.0. The van der Waals surface area contributed by atoms with Gasteiger partial charge in [-0.05, 0) is 89.9 Å². The van der Waals surface area contributed by atoms with Crippen LogP contribution in [-0.2, 0) is 65.4 Å². The first kappa shape index (κ1) is 92.5. The number of aliphatic hydroxyl groups excluding tert-OH is 1. The number of ether oxygens (including phenoxy) is 4. The van der Waals surface area contributed by atoms with E-state index in [1.54, 1.807) is 0 Å². The van der Waals surface area contributed by atoms with Crippen LogP contribution >= 0.6 is 15.6 Å². The molecule has 0 aliphatic carbocycles. The molecule has 96 heavy (non-hydrogen) atoms. The van der Waals surface area contributed by atoms with Gasteiger partial charge in [-0.3, -0.25) is 37.3 Å². The molecule has 0 amide bonds. The van der Waals surface area contributed by atoms with Gasteiger partial charge in [0.15, 0.2) is 12.2 Å². The average molecular weight is 1400 g/mol. The molecule has 0 aromatic rings. The highest BCUT2D eigenvalue weighted by Crippen LogP contribution is 2.45. The van der Waals surface area contributed by atoms with Crippen LogP contribution < -0.4 is 0 Å². The van der Waals surface area contributed by atoms with E-state index in [-0.39, 0.29) is 25.7 Å². The monoisotopic (exact) mass is 1400 g/mol. The summed E-state index contributed by atoms with van der Waals surface area (Å²) in [6.45, 7) is 4.65. The highest BCUT2D eigenvalue weighted by molar-refractivity contribution is 7.47. The van der Waals surface area contributed by atoms with Gasteiger partial charge in [-0.15, -0.1) is 0 Å². The van der Waals surface area contributed by atoms with Crippen molar-refractivity contribution in [3.63, 3.8) is 0 Å². The van der Waals surface area contributed by atoms with Gasteiger partial charge in [0.25, 0.3) is 0 Å². The number of rotatable bonds is 72. The SMILES string of the molecule is CC/C=C\C/C=C\C/C=C\CCCCCCCC(=O)OCC(COP(=O)(O)OCC(O)COP(=O)(O)OCC(COC(=O)CCCCCCC/C=C\C/C=C\C/C=C\CC)OC(=O)CCCCCCCCCCCCCCCCC)OC(=O)CCCCCCCCCCCCC. The van der Waals surface area contributed by atoms with Crippen molar-refractivity contribution < 1.29 is 80.2 Å². The molecule has 0 radical (unpaired) electrons. The number of hydrogen-bond donors (Lipinski definition) is 3. The summed E-state index contributed by atoms with van der Waals surface area (Å²) < 4.78 is 68.4. The van der Waals surface area contributed by atoms with E-state index in [1.807, 2.05) is 0 Å². The summed E-state index contributed by atoms with van der Waals surface area (Å²) in [4.78, 5) is 72.8. The van der Waals surface area contributed by atoms with E-state index in [1.165, 1.54) is 103 Å². The molecule has 17 nitrogen and oxygen atoms in total. The Morgan fingerprint density at radius 3 is 0.833 bits per heavy atom. The van der Waals surface area contributed by atoms with E-state index in [9.17, 15) is 43.2 Å². The van der Waals surface area contributed by atoms with Crippen molar-refractivity contribution in [2.24, 2.45) is 0 Å². The Morgan fingerprint density at radius 2 is 0.542 bits per heavy atom. The van der Waals surface area contributed by atoms with Crippen molar-refractivity contribution >= 4 is 39.5 Å². The number of esters is 4. The number of phosphoric acid groups is 2. The second kappa shape index (κ2) is 70.0. The Bertz CT molecular complexity index is 2110. The highest BCUT2D eigenvalue weighted by atomic mass is 31.2. The molecule has 0 fully saturated rings. The summed E-state index contributed by atoms with van der Waals surface area (Å²) >= 11 is 0. The van der Waals surface area contributed by atoms with Crippen LogP contribution in [0.25, 0.3) is 0 Å². The largest absolute Gasteiger partial charge is 0.472 e. The Hall–Kier alpha value is -3.50. The Kier molecular flexibility index (Phi) is 67.4. The second-order valence-electron chi connectivity index (χ2n) is 25.5. The summed E-state index contributed by atoms with van der Waals surface area (Å²) in [6.07, 6.45) is 68.9. The van der Waals surface area contributed by atoms with Crippen LogP contribution in [0.2, 0.25) is 0 Å². The van der Waals surface area contributed by atoms with Gasteiger partial charge in [-0.2, -0.15) is 0 Å². The van der Waals surface area contributed by atoms with Crippen LogP contribution in [0.15, 0.2) is 72.9 Å². The van der Waals surface area contributed by atoms with Crippen molar-refractivity contribution in [3.05, 3.63) is 72.9 Å². The van der Waals surface area contributed by atoms with E-state index in [4.69, 9.17) is 37.0 Å². The zero-order valence-corrected chi connectivity index (χ0v) is 62.6. The van der Waals surface area contributed by atoms with Gasteiger partial charge in [-0.1, -0.05) is 293 Å². The quantitative estimate of drug-likeness (QED) is 0.0169. The lowest BCUT2D eigenvalue weighted by molar-refractivity contribution is -0.161. The first-order chi connectivity index (χ1) is 46.7. The van der Waals surface area contributed by atoms with Gasteiger partial charge < -0.3 is 33.8 Å². The fourth-order valence-corrected chi connectivity index (χ4v) is 12.0. The maximum atomic E-state index is 13.1. The second-order valence-corrected chi connectivity index (χ2v) is 28.5. The van der Waals surface area contributed by atoms with E-state index in [2.05, 4.69) is 101 Å². The van der Waals surface area contributed by atoms with Crippen molar-refractivity contribution in [2.45, 2.75) is 354 Å². The Labute approximate surface area is 583 Å². The van der Waals surface area contributed by atoms with Crippen LogP contribution in [0.1, 0.15) is 336 Å². The molecule has 0 saturated carbocycles. The third-order valence-corrected chi connectivity index (χ3v) is 18.1. The van der Waals surface area contributed by atoms with E-state index in [0.29, 0.717) is 25.7 Å². The molecule has 0 aliphatic rings. The normalized spacial score (nSPS) is 14.4. The molecule has 0 aromatic carbocycles. The minimum Gasteiger partial charge on any atom is -0.462 e. The van der Waals surface area contributed by atoms with Crippen LogP contribution in [0, 0.1) is 0 Å². The van der Waals surface area contributed by atoms with Crippen LogP contribution in [0.4, 0.5) is 0 Å². The lowest BCUT2D eigenvalue weighted by Crippen LogP contribution is -2.30. The summed E-state index contributed by atoms with van der Waals surface area (Å²) in [5.41, 5.74) is 0. The van der Waals surface area contributed by atoms with Gasteiger partial charge in [0, 0.05) is 25.7 Å². The molecule has 0 saturated heterocycles. The first-order valence-electron chi connectivity index (χ1n) is 38.2. The van der Waals surface area contributed by atoms with Crippen LogP contribution in [0.3, 0.4) is 0 Å². The molecule has 0 heterocycles. The molecule has 19 heteroatoms. The fraction of sp³-hybridized carbons (Fsp3) is 0.792. The van der Waals surface area contributed by atoms with Crippen molar-refractivity contribution in [1.82, 2.24) is 0 Å². The van der Waals surface area contributed by atoms with E-state index in [0.717, 1.165) is 154 Å². The maximum Gasteiger partial charge on any atom is 0.472 e. The molecule has 0 aromatic heterocycles. The number of phosphoric ester groups is 2. The zero-order chi connectivity index (χ0) is 70.4. The molecule has 3 N–H and O–H groups in total. The molecular formula is C77H138O17P2. The summed E-state index contributed by atoms with van der Waals surface area (Å²) in [5.74, 6) is -2.18. The molecule has 0 aliphatic heterocycles. The Morgan fingerprint density at radius 1 is 0.302 bits per heavy atom. The highest BCUT2D eigenvalue weighted by Gasteiger charge is 2.30. The predicted octanol–water partition coefficient (Wildman–Crippen LogP) is 21.7. The number of hydrogen-bond acceptors (Lipinski definition) is 15. The standard InChI is InChI=1S/C77H138O17P2/c1-5-9-13-17-21-25-29-32-35-38-42-45-49-53-57-61-74(79)87-67-72(93-76(81)63-59-55-51-47-41-28-24-20-16-12-8-4)69-91-95(83,84)89-65-71(78)66-90-96(85,86)92-70-73(94-77(82)64-60-56-52-48-44-40-37-34-31-27-23-19-15-11-7-3)68-88-75(80)62-58-54-50-46-43-39-36-33-30-26-22-18-14-10-6-2/h9-10,13-14,21-22,25-26,32-33,35-36,71-73,78H,5-8,11-12,15-20,23-24,27-31,34,37-70H2,1-4H3,(H,83,84)(H,85,86)/b13-9-,14-10-,25-21-,26-22-,35-32-,36-33-. The van der Waals surface area contributed by atoms with Crippen molar-refractivity contribution in [1.29, 1.82) is 0 Å². The summed E-state index contributed by atoms with van der Waals surface area (Å²) in [5, 5.41) is 10.6. The van der Waals surface area contributed by atoms with Gasteiger partial charge in [0.05, 0.1) is 26.4 Å². The molecule has 0 rings (SSSR count). The number of allylic oxidation sites excluding steroid dienone is 12. The molecule has 0 spiro atoms. The molecule has 5 atom stereocenters. The number of unbranched alkanes of at least 4 members (excludes halogenated alkanes) is 34. The van der Waals surface area contributed by atoms with Gasteiger partial charge in [0.1, 0.15) is 19.3 Å². The van der Waals surface area contributed by atoms with Crippen LogP contribution in [0.5, 0.6) is 0 Å². The first-order valence-corrected chi connectivity index (χ1v) is 41.2. The number of carbonyl (C=O) groups excluding carboxylic acids is 4. The topological polar surface area (TPSA) is 237 Å². The molecule has 5 unspecified atom stereocenters. The Balaban J connectivity index is 5.32. The number of aliphatic hydroxyl groups is 1. The smallest absolute Gasteiger partial charge is 0.462 e. The van der Waals surface area contributed by atoms with Crippen molar-refractivity contribution in [3.8, 4) is 0 Å². The predicted molar refractivity (Wildman–Crippen MR) is 390 cm³/mol. The van der Waals surface area contributed by atoms with Gasteiger partial charge in [-0.25, -0.2) is 9.13 Å². The zero-order valence-electron chi connectivity index (χ0n) is 60.8. The minimum atomic E-state index is -4.97.